The van der Waals surface area contributed by atoms with Crippen molar-refractivity contribution in [3.05, 3.63) is 16.6 Å². The molecule has 16 heavy (non-hydrogen) atoms. The number of nitrogens with one attached hydrogen (secondary N) is 2. The van der Waals surface area contributed by atoms with Gasteiger partial charge in [0, 0.05) is 24.9 Å². The molecular weight excluding hydrogens is 226 g/mol. The zero-order valence-electron chi connectivity index (χ0n) is 9.16. The lowest BCUT2D eigenvalue weighted by atomic mass is 10.3. The first-order valence-corrected chi connectivity index (χ1v) is 6.11. The summed E-state index contributed by atoms with van der Waals surface area (Å²) in [6, 6.07) is 0. The molecule has 0 saturated heterocycles. The van der Waals surface area contributed by atoms with Gasteiger partial charge >= 0.3 is 0 Å². The third-order valence-electron chi connectivity index (χ3n) is 1.87. The summed E-state index contributed by atoms with van der Waals surface area (Å²) >= 11 is 1.37. The lowest BCUT2D eigenvalue weighted by molar-refractivity contribution is -0.120. The fourth-order valence-electron chi connectivity index (χ4n) is 1.06. The second kappa shape index (κ2) is 6.95. The van der Waals surface area contributed by atoms with Crippen LogP contribution in [0.15, 0.2) is 10.9 Å². The van der Waals surface area contributed by atoms with Gasteiger partial charge in [0.2, 0.25) is 5.91 Å². The number of carbonyl (C=O) groups is 2. The number of hydrogen-bond acceptors (Lipinski definition) is 4. The number of aromatic nitrogens is 1. The van der Waals surface area contributed by atoms with Gasteiger partial charge in [0.05, 0.1) is 5.51 Å². The van der Waals surface area contributed by atoms with Crippen molar-refractivity contribution >= 4 is 23.2 Å². The maximum atomic E-state index is 11.4. The minimum atomic E-state index is -0.232. The second-order valence-electron chi connectivity index (χ2n) is 3.23. The van der Waals surface area contributed by atoms with E-state index in [0.29, 0.717) is 25.2 Å². The fraction of sp³-hybridized carbons (Fsp3) is 0.500. The highest BCUT2D eigenvalue weighted by Gasteiger charge is 2.07. The number of carbonyl (C=O) groups excluding carboxylic acids is 2. The quantitative estimate of drug-likeness (QED) is 0.773. The van der Waals surface area contributed by atoms with E-state index in [-0.39, 0.29) is 11.8 Å². The normalized spacial score (nSPS) is 9.81. The van der Waals surface area contributed by atoms with Gasteiger partial charge in [-0.3, -0.25) is 9.59 Å². The van der Waals surface area contributed by atoms with Crippen LogP contribution in [0.2, 0.25) is 0 Å². The Morgan fingerprint density at radius 3 is 2.81 bits per heavy atom. The van der Waals surface area contributed by atoms with Crippen LogP contribution in [0.4, 0.5) is 0 Å². The lowest BCUT2D eigenvalue weighted by Crippen LogP contribution is -2.31. The van der Waals surface area contributed by atoms with Gasteiger partial charge in [-0.15, -0.1) is 11.3 Å². The molecule has 0 unspecified atom stereocenters. The van der Waals surface area contributed by atoms with Gasteiger partial charge in [-0.25, -0.2) is 4.98 Å². The summed E-state index contributed by atoms with van der Waals surface area (Å²) in [4.78, 5) is 26.5. The number of amides is 2. The van der Waals surface area contributed by atoms with E-state index in [1.54, 1.807) is 10.9 Å². The molecule has 0 fully saturated rings. The molecule has 0 saturated carbocycles. The van der Waals surface area contributed by atoms with E-state index in [4.69, 9.17) is 0 Å². The molecule has 6 heteroatoms. The molecule has 0 spiro atoms. The largest absolute Gasteiger partial charge is 0.356 e. The molecule has 1 aromatic heterocycles. The van der Waals surface area contributed by atoms with Gasteiger partial charge in [-0.1, -0.05) is 6.92 Å². The van der Waals surface area contributed by atoms with Crippen LogP contribution in [0.25, 0.3) is 0 Å². The van der Waals surface area contributed by atoms with Gasteiger partial charge in [0.15, 0.2) is 0 Å². The van der Waals surface area contributed by atoms with E-state index in [1.165, 1.54) is 11.3 Å². The average molecular weight is 241 g/mol. The number of thiazole rings is 1. The number of nitrogens with zero attached hydrogens (tertiary/aromatic N) is 1. The Labute approximate surface area is 98.3 Å². The summed E-state index contributed by atoms with van der Waals surface area (Å²) in [5.41, 5.74) is 2.00. The molecule has 0 aliphatic heterocycles. The minimum Gasteiger partial charge on any atom is -0.356 e. The zero-order valence-corrected chi connectivity index (χ0v) is 9.97. The summed E-state index contributed by atoms with van der Waals surface area (Å²) in [5, 5.41) is 7.05. The van der Waals surface area contributed by atoms with Crippen molar-refractivity contribution in [1.29, 1.82) is 0 Å². The highest BCUT2D eigenvalue weighted by Crippen LogP contribution is 1.99. The van der Waals surface area contributed by atoms with Crippen molar-refractivity contribution in [3.63, 3.8) is 0 Å². The van der Waals surface area contributed by atoms with E-state index in [9.17, 15) is 9.59 Å². The van der Waals surface area contributed by atoms with Gasteiger partial charge in [0.1, 0.15) is 5.69 Å². The fourth-order valence-corrected chi connectivity index (χ4v) is 1.59. The Morgan fingerprint density at radius 2 is 2.19 bits per heavy atom. The van der Waals surface area contributed by atoms with Gasteiger partial charge in [-0.05, 0) is 6.42 Å². The van der Waals surface area contributed by atoms with E-state index in [0.717, 1.165) is 6.42 Å². The molecule has 2 N–H and O–H groups in total. The SMILES string of the molecule is CCCNC(=O)CCNC(=O)c1cscn1. The van der Waals surface area contributed by atoms with Crippen LogP contribution in [-0.4, -0.2) is 29.9 Å². The first-order valence-electron chi connectivity index (χ1n) is 5.17. The Balaban J connectivity index is 2.16. The number of rotatable bonds is 6. The van der Waals surface area contributed by atoms with Crippen LogP contribution in [0.1, 0.15) is 30.3 Å². The summed E-state index contributed by atoms with van der Waals surface area (Å²) in [7, 11) is 0. The molecular formula is C10H15N3O2S. The smallest absolute Gasteiger partial charge is 0.270 e. The van der Waals surface area contributed by atoms with Gasteiger partial charge in [0.25, 0.3) is 5.91 Å². The molecule has 0 radical (unpaired) electrons. The van der Waals surface area contributed by atoms with Crippen molar-refractivity contribution in [1.82, 2.24) is 15.6 Å². The topological polar surface area (TPSA) is 71.1 Å². The molecule has 5 nitrogen and oxygen atoms in total. The monoisotopic (exact) mass is 241 g/mol. The Morgan fingerprint density at radius 1 is 1.38 bits per heavy atom. The molecule has 0 aliphatic carbocycles. The summed E-state index contributed by atoms with van der Waals surface area (Å²) < 4.78 is 0. The van der Waals surface area contributed by atoms with Crippen molar-refractivity contribution in [2.24, 2.45) is 0 Å². The van der Waals surface area contributed by atoms with Gasteiger partial charge in [-0.2, -0.15) is 0 Å². The van der Waals surface area contributed by atoms with E-state index in [2.05, 4.69) is 15.6 Å². The van der Waals surface area contributed by atoms with E-state index < -0.39 is 0 Å². The highest BCUT2D eigenvalue weighted by molar-refractivity contribution is 7.07. The first kappa shape index (κ1) is 12.6. The van der Waals surface area contributed by atoms with Crippen molar-refractivity contribution in [2.45, 2.75) is 19.8 Å². The standard InChI is InChI=1S/C10H15N3O2S/c1-2-4-11-9(14)3-5-12-10(15)8-6-16-7-13-8/h6-7H,2-5H2,1H3,(H,11,14)(H,12,15). The highest BCUT2D eigenvalue weighted by atomic mass is 32.1. The summed E-state index contributed by atoms with van der Waals surface area (Å²) in [6.45, 7) is 3.01. The van der Waals surface area contributed by atoms with Crippen molar-refractivity contribution < 1.29 is 9.59 Å². The zero-order chi connectivity index (χ0) is 11.8. The molecule has 0 bridgehead atoms. The average Bonchev–Trinajstić information content (AvgIpc) is 2.79. The third kappa shape index (κ3) is 4.39. The Kier molecular flexibility index (Phi) is 5.49. The van der Waals surface area contributed by atoms with Crippen molar-refractivity contribution in [2.75, 3.05) is 13.1 Å². The van der Waals surface area contributed by atoms with Crippen molar-refractivity contribution in [3.8, 4) is 0 Å². The molecule has 0 atom stereocenters. The van der Waals surface area contributed by atoms with Crippen LogP contribution < -0.4 is 10.6 Å². The molecule has 2 amide bonds. The summed E-state index contributed by atoms with van der Waals surface area (Å²) in [5.74, 6) is -0.273. The van der Waals surface area contributed by atoms with Gasteiger partial charge < -0.3 is 10.6 Å². The Hall–Kier alpha value is -1.43. The minimum absolute atomic E-state index is 0.0413. The molecule has 0 aromatic carbocycles. The van der Waals surface area contributed by atoms with E-state index >= 15 is 0 Å². The summed E-state index contributed by atoms with van der Waals surface area (Å²) in [6.07, 6.45) is 1.22. The van der Waals surface area contributed by atoms with Crippen LogP contribution in [-0.2, 0) is 4.79 Å². The van der Waals surface area contributed by atoms with Crippen LogP contribution in [0.5, 0.6) is 0 Å². The predicted molar refractivity (Wildman–Crippen MR) is 62.4 cm³/mol. The van der Waals surface area contributed by atoms with Crippen LogP contribution >= 0.6 is 11.3 Å². The lowest BCUT2D eigenvalue weighted by Gasteiger charge is -2.04. The Bertz CT molecular complexity index is 338. The molecule has 88 valence electrons. The predicted octanol–water partition coefficient (Wildman–Crippen LogP) is 0.789. The first-order chi connectivity index (χ1) is 7.74. The third-order valence-corrected chi connectivity index (χ3v) is 2.46. The van der Waals surface area contributed by atoms with E-state index in [1.807, 2.05) is 6.92 Å². The van der Waals surface area contributed by atoms with Crippen LogP contribution in [0.3, 0.4) is 0 Å². The number of hydrogen-bond donors (Lipinski definition) is 2. The van der Waals surface area contributed by atoms with Crippen LogP contribution in [0, 0.1) is 0 Å². The maximum absolute atomic E-state index is 11.4. The molecule has 1 heterocycles. The molecule has 0 aliphatic rings. The maximum Gasteiger partial charge on any atom is 0.270 e. The molecule has 1 aromatic rings. The second-order valence-corrected chi connectivity index (χ2v) is 3.95. The molecule has 1 rings (SSSR count).